The molecule has 90 valence electrons. The molecule has 0 fully saturated rings. The summed E-state index contributed by atoms with van der Waals surface area (Å²) in [5.41, 5.74) is 13.1. The van der Waals surface area contributed by atoms with Gasteiger partial charge in [0.2, 0.25) is 0 Å². The van der Waals surface area contributed by atoms with E-state index in [-0.39, 0.29) is 0 Å². The molecule has 0 amide bonds. The topological polar surface area (TPSA) is 68.2 Å². The highest BCUT2D eigenvalue weighted by atomic mass is 79.9. The Balaban J connectivity index is 2.14. The standard InChI is InChI=1S/C11H13BrN4S/c1-16(5-7-4-9(12)17-6-7)10-3-2-8(13)11(14)15-10/h2-4,6H,5,13H2,1H3,(H2,14,15). The number of anilines is 3. The van der Waals surface area contributed by atoms with Gasteiger partial charge in [-0.25, -0.2) is 4.98 Å². The SMILES string of the molecule is CN(Cc1csc(Br)c1)c1ccc(N)c(N)n1. The van der Waals surface area contributed by atoms with E-state index in [9.17, 15) is 0 Å². The Labute approximate surface area is 112 Å². The number of thiophene rings is 1. The minimum atomic E-state index is 0.376. The Kier molecular flexibility index (Phi) is 3.54. The summed E-state index contributed by atoms with van der Waals surface area (Å²) in [4.78, 5) is 6.28. The van der Waals surface area contributed by atoms with Gasteiger partial charge in [-0.05, 0) is 45.1 Å². The van der Waals surface area contributed by atoms with Crippen LogP contribution in [0.15, 0.2) is 27.4 Å². The molecule has 0 radical (unpaired) electrons. The molecule has 0 atom stereocenters. The third-order valence-electron chi connectivity index (χ3n) is 2.38. The maximum Gasteiger partial charge on any atom is 0.149 e. The number of pyridine rings is 1. The van der Waals surface area contributed by atoms with Crippen LogP contribution in [0.25, 0.3) is 0 Å². The monoisotopic (exact) mass is 312 g/mol. The first-order chi connectivity index (χ1) is 8.06. The van der Waals surface area contributed by atoms with E-state index in [0.717, 1.165) is 16.1 Å². The van der Waals surface area contributed by atoms with Crippen LogP contribution in [0.4, 0.5) is 17.3 Å². The lowest BCUT2D eigenvalue weighted by Gasteiger charge is -2.18. The van der Waals surface area contributed by atoms with Gasteiger partial charge >= 0.3 is 0 Å². The number of hydrogen-bond acceptors (Lipinski definition) is 5. The predicted molar refractivity (Wildman–Crippen MR) is 77.2 cm³/mol. The maximum atomic E-state index is 5.69. The Morgan fingerprint density at radius 3 is 2.76 bits per heavy atom. The molecule has 2 aromatic rings. The van der Waals surface area contributed by atoms with Gasteiger partial charge in [0.25, 0.3) is 0 Å². The zero-order valence-corrected chi connectivity index (χ0v) is 11.8. The highest BCUT2D eigenvalue weighted by molar-refractivity contribution is 9.11. The van der Waals surface area contributed by atoms with Gasteiger partial charge in [0.1, 0.15) is 11.6 Å². The second-order valence-corrected chi connectivity index (χ2v) is 6.05. The summed E-state index contributed by atoms with van der Waals surface area (Å²) in [5, 5.41) is 2.11. The highest BCUT2D eigenvalue weighted by Gasteiger charge is 2.06. The van der Waals surface area contributed by atoms with Crippen LogP contribution in [-0.4, -0.2) is 12.0 Å². The van der Waals surface area contributed by atoms with E-state index in [0.29, 0.717) is 11.5 Å². The van der Waals surface area contributed by atoms with Crippen molar-refractivity contribution >= 4 is 44.6 Å². The molecular formula is C11H13BrN4S. The average molecular weight is 313 g/mol. The first-order valence-corrected chi connectivity index (χ1v) is 6.69. The second-order valence-electron chi connectivity index (χ2n) is 3.76. The number of nitrogen functional groups attached to an aromatic ring is 2. The fourth-order valence-corrected chi connectivity index (χ4v) is 2.67. The number of halogens is 1. The Morgan fingerprint density at radius 1 is 1.41 bits per heavy atom. The van der Waals surface area contributed by atoms with Crippen molar-refractivity contribution in [3.8, 4) is 0 Å². The van der Waals surface area contributed by atoms with E-state index >= 15 is 0 Å². The summed E-state index contributed by atoms with van der Waals surface area (Å²) in [6.07, 6.45) is 0. The molecule has 4 N–H and O–H groups in total. The molecule has 2 rings (SSSR count). The van der Waals surface area contributed by atoms with Crippen molar-refractivity contribution in [1.29, 1.82) is 0 Å². The van der Waals surface area contributed by atoms with Crippen molar-refractivity contribution in [3.63, 3.8) is 0 Å². The van der Waals surface area contributed by atoms with Crippen LogP contribution >= 0.6 is 27.3 Å². The number of rotatable bonds is 3. The van der Waals surface area contributed by atoms with Crippen molar-refractivity contribution in [1.82, 2.24) is 4.98 Å². The summed E-state index contributed by atoms with van der Waals surface area (Å²) in [5.74, 6) is 1.19. The quantitative estimate of drug-likeness (QED) is 0.914. The molecule has 2 heterocycles. The third kappa shape index (κ3) is 2.89. The van der Waals surface area contributed by atoms with E-state index < -0.39 is 0 Å². The van der Waals surface area contributed by atoms with Gasteiger partial charge in [0.05, 0.1) is 9.47 Å². The third-order valence-corrected chi connectivity index (χ3v) is 3.93. The Hall–Kier alpha value is -1.27. The van der Waals surface area contributed by atoms with Gasteiger partial charge in [-0.15, -0.1) is 11.3 Å². The van der Waals surface area contributed by atoms with Crippen LogP contribution in [0.3, 0.4) is 0 Å². The van der Waals surface area contributed by atoms with Crippen LogP contribution in [0.2, 0.25) is 0 Å². The van der Waals surface area contributed by atoms with E-state index in [2.05, 4.69) is 32.4 Å². The first-order valence-electron chi connectivity index (χ1n) is 5.02. The van der Waals surface area contributed by atoms with Gasteiger partial charge in [-0.3, -0.25) is 0 Å². The van der Waals surface area contributed by atoms with E-state index in [1.54, 1.807) is 17.4 Å². The molecule has 17 heavy (non-hydrogen) atoms. The summed E-state index contributed by atoms with van der Waals surface area (Å²) in [6.45, 7) is 0.790. The van der Waals surface area contributed by atoms with Gasteiger partial charge in [-0.2, -0.15) is 0 Å². The zero-order chi connectivity index (χ0) is 12.4. The molecule has 6 heteroatoms. The van der Waals surface area contributed by atoms with Gasteiger partial charge < -0.3 is 16.4 Å². The summed E-state index contributed by atoms with van der Waals surface area (Å²) < 4.78 is 1.13. The van der Waals surface area contributed by atoms with Crippen molar-refractivity contribution in [3.05, 3.63) is 32.9 Å². The van der Waals surface area contributed by atoms with Crippen LogP contribution in [0.5, 0.6) is 0 Å². The number of nitrogens with two attached hydrogens (primary N) is 2. The molecule has 0 bridgehead atoms. The molecule has 0 aliphatic carbocycles. The lowest BCUT2D eigenvalue weighted by molar-refractivity contribution is 0.903. The molecule has 0 aliphatic rings. The molecule has 0 saturated carbocycles. The van der Waals surface area contributed by atoms with Crippen molar-refractivity contribution in [2.75, 3.05) is 23.4 Å². The van der Waals surface area contributed by atoms with Crippen molar-refractivity contribution in [2.24, 2.45) is 0 Å². The van der Waals surface area contributed by atoms with Crippen LogP contribution in [-0.2, 0) is 6.54 Å². The fourth-order valence-electron chi connectivity index (χ4n) is 1.47. The normalized spacial score (nSPS) is 10.5. The van der Waals surface area contributed by atoms with Crippen LogP contribution in [0.1, 0.15) is 5.56 Å². The molecule has 0 aromatic carbocycles. The van der Waals surface area contributed by atoms with E-state index in [4.69, 9.17) is 11.5 Å². The van der Waals surface area contributed by atoms with Crippen LogP contribution < -0.4 is 16.4 Å². The Bertz CT molecular complexity index is 526. The lowest BCUT2D eigenvalue weighted by atomic mass is 10.3. The molecule has 0 spiro atoms. The van der Waals surface area contributed by atoms with Crippen molar-refractivity contribution in [2.45, 2.75) is 6.54 Å². The smallest absolute Gasteiger partial charge is 0.149 e. The van der Waals surface area contributed by atoms with E-state index in [1.165, 1.54) is 5.56 Å². The van der Waals surface area contributed by atoms with E-state index in [1.807, 2.05) is 18.0 Å². The number of hydrogen-bond donors (Lipinski definition) is 2. The van der Waals surface area contributed by atoms with Gasteiger partial charge in [0, 0.05) is 13.6 Å². The van der Waals surface area contributed by atoms with Gasteiger partial charge in [-0.1, -0.05) is 0 Å². The summed E-state index contributed by atoms with van der Waals surface area (Å²) in [7, 11) is 1.98. The highest BCUT2D eigenvalue weighted by Crippen LogP contribution is 2.23. The Morgan fingerprint density at radius 2 is 2.18 bits per heavy atom. The zero-order valence-electron chi connectivity index (χ0n) is 9.35. The molecular weight excluding hydrogens is 300 g/mol. The molecule has 2 aromatic heterocycles. The summed E-state index contributed by atoms with van der Waals surface area (Å²) >= 11 is 5.12. The minimum Gasteiger partial charge on any atom is -0.396 e. The molecule has 0 unspecified atom stereocenters. The van der Waals surface area contributed by atoms with Gasteiger partial charge in [0.15, 0.2) is 0 Å². The molecule has 0 saturated heterocycles. The average Bonchev–Trinajstić information content (AvgIpc) is 2.68. The summed E-state index contributed by atoms with van der Waals surface area (Å²) in [6, 6.07) is 5.74. The maximum absolute atomic E-state index is 5.69. The fraction of sp³-hybridized carbons (Fsp3) is 0.182. The lowest BCUT2D eigenvalue weighted by Crippen LogP contribution is -2.18. The second kappa shape index (κ2) is 4.93. The van der Waals surface area contributed by atoms with Crippen molar-refractivity contribution < 1.29 is 0 Å². The number of nitrogens with zero attached hydrogens (tertiary/aromatic N) is 2. The number of aromatic nitrogens is 1. The minimum absolute atomic E-state index is 0.376. The predicted octanol–water partition coefficient (Wildman–Crippen LogP) is 2.71. The first kappa shape index (κ1) is 12.2. The molecule has 0 aliphatic heterocycles. The largest absolute Gasteiger partial charge is 0.396 e. The van der Waals surface area contributed by atoms with Crippen LogP contribution in [0, 0.1) is 0 Å². The molecule has 4 nitrogen and oxygen atoms in total.